The van der Waals surface area contributed by atoms with Crippen molar-refractivity contribution in [3.05, 3.63) is 18.1 Å². The van der Waals surface area contributed by atoms with Gasteiger partial charge in [0.05, 0.1) is 7.11 Å². The molecule has 96 valence electrons. The highest BCUT2D eigenvalue weighted by Gasteiger charge is 2.21. The van der Waals surface area contributed by atoms with Crippen LogP contribution in [0.1, 0.15) is 23.2 Å². The van der Waals surface area contributed by atoms with Gasteiger partial charge in [-0.25, -0.2) is 14.8 Å². The number of piperidine rings is 1. The van der Waals surface area contributed by atoms with Crippen LogP contribution in [0.25, 0.3) is 0 Å². The van der Waals surface area contributed by atoms with Gasteiger partial charge in [0.15, 0.2) is 0 Å². The van der Waals surface area contributed by atoms with Gasteiger partial charge in [0, 0.05) is 25.2 Å². The van der Waals surface area contributed by atoms with Crippen LogP contribution in [-0.4, -0.2) is 41.5 Å². The molecule has 0 radical (unpaired) electrons. The smallest absolute Gasteiger partial charge is 0.343 e. The summed E-state index contributed by atoms with van der Waals surface area (Å²) in [6, 6.07) is 0.0565. The lowest BCUT2D eigenvalue weighted by molar-refractivity contribution is -0.122. The molecule has 2 heterocycles. The Morgan fingerprint density at radius 3 is 3.11 bits per heavy atom. The summed E-state index contributed by atoms with van der Waals surface area (Å²) in [6.07, 6.45) is 3.94. The minimum absolute atomic E-state index is 0.0453. The Bertz CT molecular complexity index is 453. The number of nitrogens with zero attached hydrogens (tertiary/aromatic N) is 2. The van der Waals surface area contributed by atoms with E-state index in [0.717, 1.165) is 0 Å². The molecule has 1 unspecified atom stereocenters. The van der Waals surface area contributed by atoms with E-state index in [1.807, 2.05) is 0 Å². The van der Waals surface area contributed by atoms with E-state index in [1.54, 1.807) is 0 Å². The SMILES string of the molecule is COC(=O)c1cncnc1NC1CCC(=O)NC1. The Kier molecular flexibility index (Phi) is 3.71. The van der Waals surface area contributed by atoms with E-state index in [9.17, 15) is 9.59 Å². The second-order valence-electron chi connectivity index (χ2n) is 3.96. The number of methoxy groups -OCH3 is 1. The zero-order valence-electron chi connectivity index (χ0n) is 9.97. The Balaban J connectivity index is 2.09. The lowest BCUT2D eigenvalue weighted by Gasteiger charge is -2.24. The average molecular weight is 250 g/mol. The van der Waals surface area contributed by atoms with Gasteiger partial charge < -0.3 is 15.4 Å². The van der Waals surface area contributed by atoms with E-state index in [2.05, 4.69) is 25.3 Å². The summed E-state index contributed by atoms with van der Waals surface area (Å²) in [4.78, 5) is 30.4. The first-order valence-corrected chi connectivity index (χ1v) is 5.62. The van der Waals surface area contributed by atoms with Crippen LogP contribution in [0.3, 0.4) is 0 Å². The quantitative estimate of drug-likeness (QED) is 0.731. The highest BCUT2D eigenvalue weighted by Crippen LogP contribution is 2.15. The number of nitrogens with one attached hydrogen (secondary N) is 2. The first-order valence-electron chi connectivity index (χ1n) is 5.62. The standard InChI is InChI=1S/C11H14N4O3/c1-18-11(17)8-5-12-6-14-10(8)15-7-2-3-9(16)13-4-7/h5-7H,2-4H2,1H3,(H,13,16)(H,12,14,15). The molecule has 1 fully saturated rings. The number of ether oxygens (including phenoxy) is 1. The third-order valence-electron chi connectivity index (χ3n) is 2.72. The molecular formula is C11H14N4O3. The largest absolute Gasteiger partial charge is 0.465 e. The summed E-state index contributed by atoms with van der Waals surface area (Å²) < 4.78 is 4.65. The van der Waals surface area contributed by atoms with Crippen LogP contribution < -0.4 is 10.6 Å². The van der Waals surface area contributed by atoms with Crippen LogP contribution in [0, 0.1) is 0 Å². The molecule has 1 atom stereocenters. The maximum absolute atomic E-state index is 11.5. The summed E-state index contributed by atoms with van der Waals surface area (Å²) in [5.74, 6) is -0.0140. The van der Waals surface area contributed by atoms with Crippen molar-refractivity contribution < 1.29 is 14.3 Å². The number of aromatic nitrogens is 2. The second kappa shape index (κ2) is 5.44. The summed E-state index contributed by atoms with van der Waals surface area (Å²) in [5.41, 5.74) is 0.289. The summed E-state index contributed by atoms with van der Waals surface area (Å²) in [7, 11) is 1.31. The number of esters is 1. The lowest BCUT2D eigenvalue weighted by Crippen LogP contribution is -2.42. The van der Waals surface area contributed by atoms with Gasteiger partial charge in [0.2, 0.25) is 5.91 Å². The fraction of sp³-hybridized carbons (Fsp3) is 0.455. The van der Waals surface area contributed by atoms with Gasteiger partial charge >= 0.3 is 5.97 Å². The van der Waals surface area contributed by atoms with Crippen molar-refractivity contribution in [2.75, 3.05) is 19.0 Å². The molecule has 1 aliphatic heterocycles. The molecule has 1 saturated heterocycles. The zero-order valence-corrected chi connectivity index (χ0v) is 9.97. The number of carbonyl (C=O) groups is 2. The van der Waals surface area contributed by atoms with Crippen LogP contribution >= 0.6 is 0 Å². The molecule has 0 spiro atoms. The zero-order chi connectivity index (χ0) is 13.0. The van der Waals surface area contributed by atoms with Crippen molar-refractivity contribution in [1.29, 1.82) is 0 Å². The number of hydrogen-bond donors (Lipinski definition) is 2. The molecule has 7 heteroatoms. The Labute approximate surface area is 104 Å². The number of hydrogen-bond acceptors (Lipinski definition) is 6. The molecular weight excluding hydrogens is 236 g/mol. The maximum atomic E-state index is 11.5. The molecule has 1 aliphatic rings. The molecule has 1 aromatic rings. The van der Waals surface area contributed by atoms with Crippen molar-refractivity contribution in [3.63, 3.8) is 0 Å². The highest BCUT2D eigenvalue weighted by atomic mass is 16.5. The number of carbonyl (C=O) groups excluding carboxylic acids is 2. The summed E-state index contributed by atoms with van der Waals surface area (Å²) in [5, 5.41) is 5.87. The fourth-order valence-corrected chi connectivity index (χ4v) is 1.75. The average Bonchev–Trinajstić information content (AvgIpc) is 2.41. The van der Waals surface area contributed by atoms with Crippen LogP contribution in [0.2, 0.25) is 0 Å². The maximum Gasteiger partial charge on any atom is 0.343 e. The molecule has 0 aromatic carbocycles. The first-order chi connectivity index (χ1) is 8.70. The number of amides is 1. The van der Waals surface area contributed by atoms with Gasteiger partial charge in [-0.05, 0) is 6.42 Å². The van der Waals surface area contributed by atoms with Gasteiger partial charge in [0.1, 0.15) is 17.7 Å². The second-order valence-corrected chi connectivity index (χ2v) is 3.96. The van der Waals surface area contributed by atoms with E-state index in [4.69, 9.17) is 0 Å². The fourth-order valence-electron chi connectivity index (χ4n) is 1.75. The first kappa shape index (κ1) is 12.3. The van der Waals surface area contributed by atoms with E-state index >= 15 is 0 Å². The molecule has 2 rings (SSSR count). The minimum atomic E-state index is -0.488. The normalized spacial score (nSPS) is 18.9. The van der Waals surface area contributed by atoms with E-state index in [1.165, 1.54) is 19.6 Å². The van der Waals surface area contributed by atoms with E-state index in [0.29, 0.717) is 25.2 Å². The Morgan fingerprint density at radius 2 is 2.44 bits per heavy atom. The predicted molar refractivity (Wildman–Crippen MR) is 63.0 cm³/mol. The molecule has 0 saturated carbocycles. The molecule has 7 nitrogen and oxygen atoms in total. The van der Waals surface area contributed by atoms with E-state index in [-0.39, 0.29) is 17.5 Å². The van der Waals surface area contributed by atoms with Crippen LogP contribution in [-0.2, 0) is 9.53 Å². The van der Waals surface area contributed by atoms with E-state index < -0.39 is 5.97 Å². The van der Waals surface area contributed by atoms with Crippen molar-refractivity contribution in [2.24, 2.45) is 0 Å². The van der Waals surface area contributed by atoms with Gasteiger partial charge in [-0.3, -0.25) is 4.79 Å². The van der Waals surface area contributed by atoms with Gasteiger partial charge in [-0.15, -0.1) is 0 Å². The van der Waals surface area contributed by atoms with Crippen molar-refractivity contribution in [1.82, 2.24) is 15.3 Å². The highest BCUT2D eigenvalue weighted by molar-refractivity contribution is 5.94. The number of anilines is 1. The van der Waals surface area contributed by atoms with Crippen LogP contribution in [0.4, 0.5) is 5.82 Å². The monoisotopic (exact) mass is 250 g/mol. The van der Waals surface area contributed by atoms with Gasteiger partial charge in [0.25, 0.3) is 0 Å². The molecule has 2 N–H and O–H groups in total. The van der Waals surface area contributed by atoms with Crippen LogP contribution in [0.5, 0.6) is 0 Å². The van der Waals surface area contributed by atoms with Crippen molar-refractivity contribution >= 4 is 17.7 Å². The molecule has 18 heavy (non-hydrogen) atoms. The molecule has 1 amide bonds. The lowest BCUT2D eigenvalue weighted by atomic mass is 10.1. The third-order valence-corrected chi connectivity index (χ3v) is 2.72. The molecule has 0 bridgehead atoms. The number of rotatable bonds is 3. The minimum Gasteiger partial charge on any atom is -0.465 e. The molecule has 0 aliphatic carbocycles. The Hall–Kier alpha value is -2.18. The van der Waals surface area contributed by atoms with Crippen molar-refractivity contribution in [3.8, 4) is 0 Å². The van der Waals surface area contributed by atoms with Crippen molar-refractivity contribution in [2.45, 2.75) is 18.9 Å². The van der Waals surface area contributed by atoms with Crippen LogP contribution in [0.15, 0.2) is 12.5 Å². The third kappa shape index (κ3) is 2.73. The summed E-state index contributed by atoms with van der Waals surface area (Å²) in [6.45, 7) is 0.517. The van der Waals surface area contributed by atoms with Gasteiger partial charge in [-0.2, -0.15) is 0 Å². The summed E-state index contributed by atoms with van der Waals surface area (Å²) >= 11 is 0. The topological polar surface area (TPSA) is 93.2 Å². The predicted octanol–water partition coefficient (Wildman–Crippen LogP) is -0.0463. The van der Waals surface area contributed by atoms with Gasteiger partial charge in [-0.1, -0.05) is 0 Å². The molecule has 1 aromatic heterocycles. The Morgan fingerprint density at radius 1 is 1.61 bits per heavy atom.